The van der Waals surface area contributed by atoms with Crippen molar-refractivity contribution in [3.8, 4) is 5.75 Å². The van der Waals surface area contributed by atoms with E-state index in [1.165, 1.54) is 6.20 Å². The van der Waals surface area contributed by atoms with Gasteiger partial charge in [0.1, 0.15) is 11.4 Å². The van der Waals surface area contributed by atoms with E-state index in [-0.39, 0.29) is 5.78 Å². The van der Waals surface area contributed by atoms with Crippen molar-refractivity contribution < 1.29 is 9.53 Å². The third-order valence-corrected chi connectivity index (χ3v) is 2.57. The summed E-state index contributed by atoms with van der Waals surface area (Å²) in [5, 5.41) is 0. The molecule has 0 saturated heterocycles. The van der Waals surface area contributed by atoms with E-state index in [1.54, 1.807) is 13.3 Å². The predicted molar refractivity (Wildman–Crippen MR) is 67.8 cm³/mol. The van der Waals surface area contributed by atoms with Gasteiger partial charge in [-0.25, -0.2) is 4.98 Å². The zero-order chi connectivity index (χ0) is 13.0. The lowest BCUT2D eigenvalue weighted by molar-refractivity contribution is 0.0988. The average molecular weight is 242 g/mol. The van der Waals surface area contributed by atoms with Crippen molar-refractivity contribution in [1.82, 2.24) is 9.97 Å². The Morgan fingerprint density at radius 2 is 2.11 bits per heavy atom. The van der Waals surface area contributed by atoms with E-state index >= 15 is 0 Å². The first kappa shape index (κ1) is 12.2. The molecule has 2 rings (SSSR count). The monoisotopic (exact) mass is 242 g/mol. The van der Waals surface area contributed by atoms with Gasteiger partial charge in [0.25, 0.3) is 0 Å². The van der Waals surface area contributed by atoms with Crippen LogP contribution in [0.4, 0.5) is 0 Å². The predicted octanol–water partition coefficient (Wildman–Crippen LogP) is 2.22. The number of Topliss-reactive ketones (excluding diaryl/α,β-unsaturated/α-hetero) is 1. The van der Waals surface area contributed by atoms with E-state index < -0.39 is 0 Å². The van der Waals surface area contributed by atoms with Crippen molar-refractivity contribution in [3.05, 3.63) is 53.6 Å². The van der Waals surface area contributed by atoms with Crippen molar-refractivity contribution in [2.24, 2.45) is 0 Å². The Hall–Kier alpha value is -2.23. The van der Waals surface area contributed by atoms with Crippen LogP contribution in [-0.2, 0) is 6.42 Å². The van der Waals surface area contributed by atoms with Gasteiger partial charge >= 0.3 is 0 Å². The average Bonchev–Trinajstić information content (AvgIpc) is 2.39. The number of ether oxygens (including phenoxy) is 1. The first-order chi connectivity index (χ1) is 8.69. The highest BCUT2D eigenvalue weighted by molar-refractivity contribution is 5.95. The fraction of sp³-hybridized carbons (Fsp3) is 0.214. The normalized spacial score (nSPS) is 10.1. The third-order valence-electron chi connectivity index (χ3n) is 2.57. The molecule has 4 nitrogen and oxygen atoms in total. The number of methoxy groups -OCH3 is 1. The molecular formula is C14H14N2O2. The maximum atomic E-state index is 12.0. The Kier molecular flexibility index (Phi) is 3.67. The van der Waals surface area contributed by atoms with Gasteiger partial charge in [0.05, 0.1) is 19.0 Å². The molecule has 0 saturated carbocycles. The van der Waals surface area contributed by atoms with Crippen LogP contribution in [0.25, 0.3) is 0 Å². The molecule has 0 aliphatic carbocycles. The van der Waals surface area contributed by atoms with Gasteiger partial charge in [0.2, 0.25) is 0 Å². The number of rotatable bonds is 4. The van der Waals surface area contributed by atoms with E-state index in [9.17, 15) is 4.79 Å². The maximum Gasteiger partial charge on any atom is 0.187 e. The summed E-state index contributed by atoms with van der Waals surface area (Å²) in [5.74, 6) is 0.700. The Morgan fingerprint density at radius 1 is 1.28 bits per heavy atom. The van der Waals surface area contributed by atoms with Crippen molar-refractivity contribution >= 4 is 5.78 Å². The number of carbonyl (C=O) groups excluding carboxylic acids is 1. The Morgan fingerprint density at radius 3 is 2.78 bits per heavy atom. The highest BCUT2D eigenvalue weighted by Crippen LogP contribution is 2.14. The molecule has 0 fully saturated rings. The van der Waals surface area contributed by atoms with E-state index in [0.717, 1.165) is 17.0 Å². The highest BCUT2D eigenvalue weighted by Gasteiger charge is 2.09. The Bertz CT molecular complexity index is 550. The van der Waals surface area contributed by atoms with E-state index in [0.29, 0.717) is 12.1 Å². The van der Waals surface area contributed by atoms with Crippen molar-refractivity contribution in [2.45, 2.75) is 13.3 Å². The van der Waals surface area contributed by atoms with Gasteiger partial charge in [-0.3, -0.25) is 9.78 Å². The lowest BCUT2D eigenvalue weighted by atomic mass is 10.1. The highest BCUT2D eigenvalue weighted by atomic mass is 16.5. The van der Waals surface area contributed by atoms with E-state index in [2.05, 4.69) is 9.97 Å². The molecule has 0 N–H and O–H groups in total. The van der Waals surface area contributed by atoms with Crippen LogP contribution in [0.1, 0.15) is 21.7 Å². The van der Waals surface area contributed by atoms with Crippen LogP contribution in [0.3, 0.4) is 0 Å². The first-order valence-corrected chi connectivity index (χ1v) is 5.64. The second kappa shape index (κ2) is 5.40. The van der Waals surface area contributed by atoms with Gasteiger partial charge in [-0.15, -0.1) is 0 Å². The summed E-state index contributed by atoms with van der Waals surface area (Å²) in [7, 11) is 1.60. The first-order valence-electron chi connectivity index (χ1n) is 5.64. The van der Waals surface area contributed by atoms with Gasteiger partial charge in [-0.2, -0.15) is 0 Å². The number of ketones is 1. The summed E-state index contributed by atoms with van der Waals surface area (Å²) >= 11 is 0. The number of hydrogen-bond acceptors (Lipinski definition) is 4. The molecule has 1 heterocycles. The SMILES string of the molecule is COc1cccc(CC(=O)c2cnc(C)cn2)c1. The summed E-state index contributed by atoms with van der Waals surface area (Å²) in [6.45, 7) is 1.84. The molecule has 2 aromatic rings. The Labute approximate surface area is 106 Å². The number of hydrogen-bond donors (Lipinski definition) is 0. The molecule has 0 unspecified atom stereocenters. The van der Waals surface area contributed by atoms with Crippen LogP contribution in [0, 0.1) is 6.92 Å². The summed E-state index contributed by atoms with van der Waals surface area (Å²) in [5.41, 5.74) is 2.10. The fourth-order valence-electron chi connectivity index (χ4n) is 1.59. The van der Waals surface area contributed by atoms with Gasteiger partial charge in [0, 0.05) is 12.6 Å². The molecule has 0 aliphatic rings. The smallest absolute Gasteiger partial charge is 0.187 e. The van der Waals surface area contributed by atoms with Gasteiger partial charge < -0.3 is 4.74 Å². The lowest BCUT2D eigenvalue weighted by Gasteiger charge is -2.03. The number of carbonyl (C=O) groups is 1. The number of aryl methyl sites for hydroxylation is 1. The molecule has 0 atom stereocenters. The number of nitrogens with zero attached hydrogens (tertiary/aromatic N) is 2. The molecule has 0 bridgehead atoms. The third kappa shape index (κ3) is 2.91. The standard InChI is InChI=1S/C14H14N2O2/c1-10-8-16-13(9-15-10)14(17)7-11-4-3-5-12(6-11)18-2/h3-6,8-9H,7H2,1-2H3. The van der Waals surface area contributed by atoms with E-state index in [4.69, 9.17) is 4.74 Å². The second-order valence-corrected chi connectivity index (χ2v) is 3.99. The second-order valence-electron chi connectivity index (χ2n) is 3.99. The van der Waals surface area contributed by atoms with Crippen molar-refractivity contribution in [3.63, 3.8) is 0 Å². The maximum absolute atomic E-state index is 12.0. The molecule has 4 heteroatoms. The minimum absolute atomic E-state index is 0.0456. The van der Waals surface area contributed by atoms with Crippen LogP contribution < -0.4 is 4.74 Å². The molecule has 18 heavy (non-hydrogen) atoms. The molecule has 0 spiro atoms. The van der Waals surface area contributed by atoms with Crippen molar-refractivity contribution in [2.75, 3.05) is 7.11 Å². The van der Waals surface area contributed by atoms with Crippen LogP contribution in [0.5, 0.6) is 5.75 Å². The molecule has 1 aromatic heterocycles. The largest absolute Gasteiger partial charge is 0.497 e. The summed E-state index contributed by atoms with van der Waals surface area (Å²) in [6.07, 6.45) is 3.41. The van der Waals surface area contributed by atoms with E-state index in [1.807, 2.05) is 31.2 Å². The number of aromatic nitrogens is 2. The molecule has 0 aliphatic heterocycles. The summed E-state index contributed by atoms with van der Waals surface area (Å²) < 4.78 is 5.12. The van der Waals surface area contributed by atoms with Gasteiger partial charge in [-0.05, 0) is 24.6 Å². The van der Waals surface area contributed by atoms with Crippen LogP contribution in [-0.4, -0.2) is 22.9 Å². The molecular weight excluding hydrogens is 228 g/mol. The number of benzene rings is 1. The summed E-state index contributed by atoms with van der Waals surface area (Å²) in [4.78, 5) is 20.1. The van der Waals surface area contributed by atoms with Crippen LogP contribution in [0.15, 0.2) is 36.7 Å². The van der Waals surface area contributed by atoms with Gasteiger partial charge in [0.15, 0.2) is 5.78 Å². The zero-order valence-electron chi connectivity index (χ0n) is 10.4. The Balaban J connectivity index is 2.13. The molecule has 92 valence electrons. The molecule has 1 aromatic carbocycles. The zero-order valence-corrected chi connectivity index (χ0v) is 10.4. The van der Waals surface area contributed by atoms with Crippen LogP contribution in [0.2, 0.25) is 0 Å². The lowest BCUT2D eigenvalue weighted by Crippen LogP contribution is -2.07. The minimum atomic E-state index is -0.0456. The quantitative estimate of drug-likeness (QED) is 0.771. The van der Waals surface area contributed by atoms with Gasteiger partial charge in [-0.1, -0.05) is 12.1 Å². The fourth-order valence-corrected chi connectivity index (χ4v) is 1.59. The molecule has 0 amide bonds. The van der Waals surface area contributed by atoms with Crippen molar-refractivity contribution in [1.29, 1.82) is 0 Å². The topological polar surface area (TPSA) is 52.1 Å². The minimum Gasteiger partial charge on any atom is -0.497 e. The van der Waals surface area contributed by atoms with Crippen LogP contribution >= 0.6 is 0 Å². The summed E-state index contributed by atoms with van der Waals surface area (Å²) in [6, 6.07) is 7.45. The molecule has 0 radical (unpaired) electrons.